The molecule has 0 aromatic heterocycles. The lowest BCUT2D eigenvalue weighted by Gasteiger charge is -2.07. The van der Waals surface area contributed by atoms with E-state index in [1.165, 1.54) is 5.56 Å². The minimum atomic E-state index is -0.330. The van der Waals surface area contributed by atoms with Crippen LogP contribution in [0.4, 0.5) is 0 Å². The zero-order valence-corrected chi connectivity index (χ0v) is 15.9. The second-order valence-corrected chi connectivity index (χ2v) is 6.11. The number of nitrogens with zero attached hydrogens (tertiary/aromatic N) is 1. The summed E-state index contributed by atoms with van der Waals surface area (Å²) in [6, 6.07) is 13.3. The van der Waals surface area contributed by atoms with Crippen molar-refractivity contribution in [3.63, 3.8) is 0 Å². The molecule has 0 aliphatic carbocycles. The number of amides is 1. The van der Waals surface area contributed by atoms with Crippen molar-refractivity contribution >= 4 is 28.1 Å². The Morgan fingerprint density at radius 2 is 1.92 bits per heavy atom. The van der Waals surface area contributed by atoms with Crippen LogP contribution in [-0.2, 0) is 11.2 Å². The molecule has 0 aliphatic heterocycles. The molecule has 0 atom stereocenters. The smallest absolute Gasteiger partial charge is 0.277 e. The molecule has 0 spiro atoms. The summed E-state index contributed by atoms with van der Waals surface area (Å²) in [6.45, 7) is 4.46. The highest BCUT2D eigenvalue weighted by Crippen LogP contribution is 2.21. The Labute approximate surface area is 156 Å². The van der Waals surface area contributed by atoms with Crippen LogP contribution in [0.3, 0.4) is 0 Å². The van der Waals surface area contributed by atoms with Crippen molar-refractivity contribution in [1.82, 2.24) is 5.43 Å². The van der Waals surface area contributed by atoms with Gasteiger partial charge in [-0.15, -0.1) is 0 Å². The average Bonchev–Trinajstić information content (AvgIpc) is 2.62. The van der Waals surface area contributed by atoms with Crippen LogP contribution in [0.15, 0.2) is 52.0 Å². The summed E-state index contributed by atoms with van der Waals surface area (Å²) in [6.07, 6.45) is 2.51. The molecule has 5 nitrogen and oxygen atoms in total. The lowest BCUT2D eigenvalue weighted by Crippen LogP contribution is -2.24. The van der Waals surface area contributed by atoms with E-state index in [9.17, 15) is 4.79 Å². The first-order valence-corrected chi connectivity index (χ1v) is 8.87. The van der Waals surface area contributed by atoms with Crippen LogP contribution >= 0.6 is 15.9 Å². The summed E-state index contributed by atoms with van der Waals surface area (Å²) in [5.41, 5.74) is 4.44. The molecule has 0 unspecified atom stereocenters. The highest BCUT2D eigenvalue weighted by atomic mass is 79.9. The van der Waals surface area contributed by atoms with Gasteiger partial charge in [0.1, 0.15) is 11.5 Å². The van der Waals surface area contributed by atoms with Gasteiger partial charge < -0.3 is 9.47 Å². The van der Waals surface area contributed by atoms with Gasteiger partial charge in [-0.3, -0.25) is 4.79 Å². The number of carbonyl (C=O) groups is 1. The molecule has 1 amide bonds. The lowest BCUT2D eigenvalue weighted by molar-refractivity contribution is -0.123. The van der Waals surface area contributed by atoms with E-state index < -0.39 is 0 Å². The van der Waals surface area contributed by atoms with Crippen LogP contribution in [0.5, 0.6) is 11.5 Å². The second kappa shape index (κ2) is 9.84. The first kappa shape index (κ1) is 19.0. The van der Waals surface area contributed by atoms with Gasteiger partial charge in [0.15, 0.2) is 6.61 Å². The number of ether oxygens (including phenoxy) is 2. The monoisotopic (exact) mass is 404 g/mol. The van der Waals surface area contributed by atoms with Gasteiger partial charge in [-0.2, -0.15) is 5.10 Å². The molecular weight excluding hydrogens is 384 g/mol. The molecule has 0 saturated heterocycles. The highest BCUT2D eigenvalue weighted by Gasteiger charge is 2.04. The van der Waals surface area contributed by atoms with Crippen molar-refractivity contribution in [1.29, 1.82) is 0 Å². The van der Waals surface area contributed by atoms with E-state index >= 15 is 0 Å². The molecule has 0 radical (unpaired) electrons. The van der Waals surface area contributed by atoms with Gasteiger partial charge in [0.25, 0.3) is 5.91 Å². The Morgan fingerprint density at radius 3 is 2.60 bits per heavy atom. The van der Waals surface area contributed by atoms with Crippen molar-refractivity contribution in [2.24, 2.45) is 5.10 Å². The van der Waals surface area contributed by atoms with E-state index in [2.05, 4.69) is 33.4 Å². The third kappa shape index (κ3) is 6.23. The molecule has 1 N–H and O–H groups in total. The lowest BCUT2D eigenvalue weighted by atomic mass is 10.2. The van der Waals surface area contributed by atoms with Crippen LogP contribution < -0.4 is 14.9 Å². The summed E-state index contributed by atoms with van der Waals surface area (Å²) >= 11 is 3.40. The normalized spacial score (nSPS) is 10.7. The Balaban J connectivity index is 1.86. The van der Waals surface area contributed by atoms with Gasteiger partial charge in [0, 0.05) is 10.0 Å². The van der Waals surface area contributed by atoms with Crippen LogP contribution in [0.25, 0.3) is 0 Å². The fourth-order valence-electron chi connectivity index (χ4n) is 2.08. The molecule has 2 aromatic carbocycles. The van der Waals surface area contributed by atoms with Crippen LogP contribution in [0.1, 0.15) is 25.0 Å². The van der Waals surface area contributed by atoms with Gasteiger partial charge in [-0.05, 0) is 49.2 Å². The van der Waals surface area contributed by atoms with Crippen molar-refractivity contribution in [3.8, 4) is 11.5 Å². The molecule has 0 saturated carbocycles. The molecule has 0 fully saturated rings. The first-order chi connectivity index (χ1) is 12.1. The number of hydrogen-bond acceptors (Lipinski definition) is 4. The maximum atomic E-state index is 11.8. The molecule has 132 valence electrons. The van der Waals surface area contributed by atoms with E-state index in [0.29, 0.717) is 18.1 Å². The number of carbonyl (C=O) groups excluding carboxylic acids is 1. The third-order valence-corrected chi connectivity index (χ3v) is 3.86. The summed E-state index contributed by atoms with van der Waals surface area (Å²) in [5.74, 6) is 1.03. The number of halogens is 1. The molecule has 0 heterocycles. The fourth-order valence-corrected chi connectivity index (χ4v) is 2.46. The largest absolute Gasteiger partial charge is 0.493 e. The van der Waals surface area contributed by atoms with Gasteiger partial charge in [-0.25, -0.2) is 5.43 Å². The average molecular weight is 405 g/mol. The van der Waals surface area contributed by atoms with Crippen LogP contribution in [0, 0.1) is 0 Å². The van der Waals surface area contributed by atoms with E-state index in [1.807, 2.05) is 49.4 Å². The SMILES string of the molecule is CCOc1ccc(Br)cc1/C=N/NC(=O)COc1ccc(CC)cc1. The zero-order chi connectivity index (χ0) is 18.1. The second-order valence-electron chi connectivity index (χ2n) is 5.19. The minimum absolute atomic E-state index is 0.0976. The summed E-state index contributed by atoms with van der Waals surface area (Å²) < 4.78 is 11.9. The van der Waals surface area contributed by atoms with Gasteiger partial charge in [0.2, 0.25) is 0 Å². The molecule has 25 heavy (non-hydrogen) atoms. The van der Waals surface area contributed by atoms with Gasteiger partial charge in [-0.1, -0.05) is 35.0 Å². The highest BCUT2D eigenvalue weighted by molar-refractivity contribution is 9.10. The number of rotatable bonds is 8. The standard InChI is InChI=1S/C19H21BrN2O3/c1-3-14-5-8-17(9-6-14)25-13-19(23)22-21-12-15-11-16(20)7-10-18(15)24-4-2/h5-12H,3-4,13H2,1-2H3,(H,22,23)/b21-12+. The van der Waals surface area contributed by atoms with Crippen LogP contribution in [0.2, 0.25) is 0 Å². The number of hydrazone groups is 1. The predicted molar refractivity (Wildman–Crippen MR) is 102 cm³/mol. The van der Waals surface area contributed by atoms with Crippen molar-refractivity contribution < 1.29 is 14.3 Å². The molecule has 2 aromatic rings. The van der Waals surface area contributed by atoms with Crippen molar-refractivity contribution in [2.75, 3.05) is 13.2 Å². The fraction of sp³-hybridized carbons (Fsp3) is 0.263. The third-order valence-electron chi connectivity index (χ3n) is 3.37. The van der Waals surface area contributed by atoms with Crippen LogP contribution in [-0.4, -0.2) is 25.3 Å². The van der Waals surface area contributed by atoms with Crippen molar-refractivity contribution in [3.05, 3.63) is 58.1 Å². The molecule has 0 bridgehead atoms. The Bertz CT molecular complexity index is 730. The summed E-state index contributed by atoms with van der Waals surface area (Å²) in [5, 5.41) is 3.96. The van der Waals surface area contributed by atoms with Gasteiger partial charge in [0.05, 0.1) is 12.8 Å². The van der Waals surface area contributed by atoms with E-state index in [-0.39, 0.29) is 12.5 Å². The van der Waals surface area contributed by atoms with Crippen molar-refractivity contribution in [2.45, 2.75) is 20.3 Å². The molecule has 2 rings (SSSR count). The Hall–Kier alpha value is -2.34. The molecule has 6 heteroatoms. The molecular formula is C19H21BrN2O3. The number of aryl methyl sites for hydroxylation is 1. The number of benzene rings is 2. The van der Waals surface area contributed by atoms with E-state index in [1.54, 1.807) is 6.21 Å². The topological polar surface area (TPSA) is 59.9 Å². The van der Waals surface area contributed by atoms with E-state index in [0.717, 1.165) is 16.5 Å². The quantitative estimate of drug-likeness (QED) is 0.535. The minimum Gasteiger partial charge on any atom is -0.493 e. The Morgan fingerprint density at radius 1 is 1.16 bits per heavy atom. The number of nitrogens with one attached hydrogen (secondary N) is 1. The maximum Gasteiger partial charge on any atom is 0.277 e. The molecule has 0 aliphatic rings. The summed E-state index contributed by atoms with van der Waals surface area (Å²) in [4.78, 5) is 11.8. The summed E-state index contributed by atoms with van der Waals surface area (Å²) in [7, 11) is 0. The van der Waals surface area contributed by atoms with E-state index in [4.69, 9.17) is 9.47 Å². The zero-order valence-electron chi connectivity index (χ0n) is 14.3. The number of hydrogen-bond donors (Lipinski definition) is 1. The van der Waals surface area contributed by atoms with Gasteiger partial charge >= 0.3 is 0 Å². The first-order valence-electron chi connectivity index (χ1n) is 8.08. The Kier molecular flexibility index (Phi) is 7.47. The maximum absolute atomic E-state index is 11.8. The predicted octanol–water partition coefficient (Wildman–Crippen LogP) is 3.94.